The normalized spacial score (nSPS) is 27.8. The van der Waals surface area contributed by atoms with E-state index in [2.05, 4.69) is 148 Å². The van der Waals surface area contributed by atoms with Crippen LogP contribution in [0, 0.1) is 23.7 Å². The van der Waals surface area contributed by atoms with E-state index < -0.39 is 0 Å². The summed E-state index contributed by atoms with van der Waals surface area (Å²) in [4.78, 5) is 2.58. The number of hydrogen-bond acceptors (Lipinski definition) is 1. The van der Waals surface area contributed by atoms with Crippen LogP contribution >= 0.6 is 0 Å². The maximum absolute atomic E-state index is 2.67. The Morgan fingerprint density at radius 3 is 1.76 bits per heavy atom. The summed E-state index contributed by atoms with van der Waals surface area (Å²) < 4.78 is 0. The van der Waals surface area contributed by atoms with Gasteiger partial charge in [-0.2, -0.15) is 0 Å². The van der Waals surface area contributed by atoms with Crippen LogP contribution in [0.3, 0.4) is 0 Å². The second kappa shape index (κ2) is 10.5. The molecule has 0 unspecified atom stereocenters. The number of benzene rings is 5. The first-order chi connectivity index (χ1) is 23.7. The van der Waals surface area contributed by atoms with E-state index in [0.717, 1.165) is 23.7 Å². The molecule has 0 radical (unpaired) electrons. The van der Waals surface area contributed by atoms with Gasteiger partial charge < -0.3 is 4.90 Å². The van der Waals surface area contributed by atoms with Crippen LogP contribution < -0.4 is 4.90 Å². The fraction of sp³-hybridized carbons (Fsp3) is 0.375. The molecular weight excluding hydrogens is 591 g/mol. The molecule has 0 aliphatic heterocycles. The van der Waals surface area contributed by atoms with Crippen molar-refractivity contribution in [2.75, 3.05) is 4.90 Å². The largest absolute Gasteiger partial charge is 0.310 e. The Balaban J connectivity index is 1.26. The SMILES string of the molecule is CC1(C)CCC(C)(C)c2cc(N(c3ccccc3)c3cc(-c4ccccc4)c4c(c3)C3(c5ccccc5-4)C4CC5CC(C4)CC3C5)ccc21. The third-order valence-electron chi connectivity index (χ3n) is 14.1. The molecule has 1 spiro atoms. The average Bonchev–Trinajstić information content (AvgIpc) is 3.40. The average molecular weight is 640 g/mol. The summed E-state index contributed by atoms with van der Waals surface area (Å²) in [7, 11) is 0. The smallest absolute Gasteiger partial charge is 0.0471 e. The Kier molecular flexibility index (Phi) is 6.36. The third kappa shape index (κ3) is 4.24. The monoisotopic (exact) mass is 639 g/mol. The van der Waals surface area contributed by atoms with Crippen molar-refractivity contribution in [1.82, 2.24) is 0 Å². The van der Waals surface area contributed by atoms with E-state index in [4.69, 9.17) is 0 Å². The van der Waals surface area contributed by atoms with Crippen LogP contribution in [0.25, 0.3) is 22.3 Å². The van der Waals surface area contributed by atoms with Crippen LogP contribution in [0.1, 0.15) is 94.9 Å². The lowest BCUT2D eigenvalue weighted by molar-refractivity contribution is -0.0399. The molecule has 4 bridgehead atoms. The lowest BCUT2D eigenvalue weighted by Gasteiger charge is -2.61. The number of fused-ring (bicyclic) bond motifs is 4. The summed E-state index contributed by atoms with van der Waals surface area (Å²) in [6, 6.07) is 44.6. The molecule has 49 heavy (non-hydrogen) atoms. The highest BCUT2D eigenvalue weighted by Gasteiger charge is 2.62. The second-order valence-electron chi connectivity index (χ2n) is 17.7. The summed E-state index contributed by atoms with van der Waals surface area (Å²) in [5.74, 6) is 3.29. The van der Waals surface area contributed by atoms with Crippen LogP contribution in [-0.4, -0.2) is 0 Å². The molecule has 6 aliphatic rings. The Morgan fingerprint density at radius 1 is 0.469 bits per heavy atom. The summed E-state index contributed by atoms with van der Waals surface area (Å²) >= 11 is 0. The minimum atomic E-state index is 0.100. The third-order valence-corrected chi connectivity index (χ3v) is 14.1. The topological polar surface area (TPSA) is 3.24 Å². The van der Waals surface area contributed by atoms with Gasteiger partial charge in [-0.15, -0.1) is 0 Å². The van der Waals surface area contributed by atoms with E-state index >= 15 is 0 Å². The standard InChI is InChI=1S/C48H49N/c1-46(2)21-22-47(3,4)43-29-37(19-20-42(43)46)49(36-15-9-6-10-16-36)38-28-40(33-13-7-5-8-14-33)45-39-17-11-12-18-41(39)48(44(45)30-38)34-24-31-23-32(26-34)27-35(48)25-31/h5-20,28-32,34-35H,21-27H2,1-4H3. The molecule has 6 aliphatic carbocycles. The van der Waals surface area contributed by atoms with Crippen molar-refractivity contribution in [3.63, 3.8) is 0 Å². The van der Waals surface area contributed by atoms with Crippen LogP contribution in [0.4, 0.5) is 17.1 Å². The lowest BCUT2D eigenvalue weighted by atomic mass is 9.43. The molecule has 5 aromatic carbocycles. The van der Waals surface area contributed by atoms with Crippen molar-refractivity contribution in [3.05, 3.63) is 138 Å². The molecule has 246 valence electrons. The Hall–Kier alpha value is -4.10. The molecule has 0 aromatic heterocycles. The molecule has 0 amide bonds. The Bertz CT molecular complexity index is 2060. The van der Waals surface area contributed by atoms with Crippen molar-refractivity contribution in [2.45, 2.75) is 88.9 Å². The minimum Gasteiger partial charge on any atom is -0.310 e. The number of hydrogen-bond donors (Lipinski definition) is 0. The highest BCUT2D eigenvalue weighted by Crippen LogP contribution is 2.70. The molecule has 0 saturated heterocycles. The van der Waals surface area contributed by atoms with Crippen molar-refractivity contribution >= 4 is 17.1 Å². The van der Waals surface area contributed by atoms with Crippen molar-refractivity contribution < 1.29 is 0 Å². The van der Waals surface area contributed by atoms with Crippen LogP contribution in [0.5, 0.6) is 0 Å². The molecule has 5 aromatic rings. The predicted molar refractivity (Wildman–Crippen MR) is 205 cm³/mol. The van der Waals surface area contributed by atoms with Gasteiger partial charge in [-0.3, -0.25) is 0 Å². The molecule has 4 saturated carbocycles. The number of para-hydroxylation sites is 1. The molecule has 1 nitrogen and oxygen atoms in total. The van der Waals surface area contributed by atoms with Crippen molar-refractivity contribution in [1.29, 1.82) is 0 Å². The van der Waals surface area contributed by atoms with Gasteiger partial charge in [-0.05, 0) is 160 Å². The van der Waals surface area contributed by atoms with Gasteiger partial charge in [0, 0.05) is 22.5 Å². The Morgan fingerprint density at radius 2 is 1.06 bits per heavy atom. The maximum atomic E-state index is 2.67. The summed E-state index contributed by atoms with van der Waals surface area (Å²) in [5, 5.41) is 0. The molecule has 4 fully saturated rings. The highest BCUT2D eigenvalue weighted by molar-refractivity contribution is 5.96. The van der Waals surface area contributed by atoms with Gasteiger partial charge in [0.2, 0.25) is 0 Å². The summed E-state index contributed by atoms with van der Waals surface area (Å²) in [6.07, 6.45) is 9.48. The van der Waals surface area contributed by atoms with Gasteiger partial charge in [0.15, 0.2) is 0 Å². The van der Waals surface area contributed by atoms with Crippen LogP contribution in [-0.2, 0) is 16.2 Å². The predicted octanol–water partition coefficient (Wildman–Crippen LogP) is 12.9. The maximum Gasteiger partial charge on any atom is 0.0471 e. The number of nitrogens with zero attached hydrogens (tertiary/aromatic N) is 1. The van der Waals surface area contributed by atoms with Gasteiger partial charge in [0.1, 0.15) is 0 Å². The number of anilines is 3. The highest BCUT2D eigenvalue weighted by atomic mass is 15.1. The quantitative estimate of drug-likeness (QED) is 0.189. The van der Waals surface area contributed by atoms with Gasteiger partial charge in [0.25, 0.3) is 0 Å². The second-order valence-corrected chi connectivity index (χ2v) is 17.7. The van der Waals surface area contributed by atoms with E-state index in [9.17, 15) is 0 Å². The van der Waals surface area contributed by atoms with Gasteiger partial charge in [-0.25, -0.2) is 0 Å². The zero-order valence-corrected chi connectivity index (χ0v) is 29.7. The summed E-state index contributed by atoms with van der Waals surface area (Å²) in [5.41, 5.74) is 16.2. The van der Waals surface area contributed by atoms with E-state index in [1.807, 2.05) is 0 Å². The fourth-order valence-corrected chi connectivity index (χ4v) is 12.0. The summed E-state index contributed by atoms with van der Waals surface area (Å²) in [6.45, 7) is 9.77. The van der Waals surface area contributed by atoms with E-state index in [0.29, 0.717) is 0 Å². The molecule has 0 heterocycles. The van der Waals surface area contributed by atoms with Crippen molar-refractivity contribution in [2.24, 2.45) is 23.7 Å². The first-order valence-corrected chi connectivity index (χ1v) is 19.1. The molecule has 1 heteroatoms. The van der Waals surface area contributed by atoms with Gasteiger partial charge in [-0.1, -0.05) is 107 Å². The van der Waals surface area contributed by atoms with Crippen LogP contribution in [0.15, 0.2) is 115 Å². The number of rotatable bonds is 4. The zero-order valence-electron chi connectivity index (χ0n) is 29.7. The van der Waals surface area contributed by atoms with Crippen LogP contribution in [0.2, 0.25) is 0 Å². The molecular formula is C48H49N. The van der Waals surface area contributed by atoms with Gasteiger partial charge in [0.05, 0.1) is 0 Å². The van der Waals surface area contributed by atoms with E-state index in [1.54, 1.807) is 11.1 Å². The van der Waals surface area contributed by atoms with Gasteiger partial charge >= 0.3 is 0 Å². The first-order valence-electron chi connectivity index (χ1n) is 19.1. The molecule has 11 rings (SSSR count). The minimum absolute atomic E-state index is 0.100. The van der Waals surface area contributed by atoms with Crippen molar-refractivity contribution in [3.8, 4) is 22.3 Å². The first kappa shape index (κ1) is 29.8. The van der Waals surface area contributed by atoms with E-state index in [-0.39, 0.29) is 16.2 Å². The Labute approximate surface area is 293 Å². The molecule has 0 atom stereocenters. The molecule has 0 N–H and O–H groups in total. The van der Waals surface area contributed by atoms with E-state index in [1.165, 1.54) is 95.4 Å². The lowest BCUT2D eigenvalue weighted by Crippen LogP contribution is -2.55. The zero-order chi connectivity index (χ0) is 33.1. The fourth-order valence-electron chi connectivity index (χ4n) is 12.0.